The topological polar surface area (TPSA) is 82.9 Å². The van der Waals surface area contributed by atoms with Crippen molar-refractivity contribution in [2.45, 2.75) is 10.3 Å². The van der Waals surface area contributed by atoms with Crippen molar-refractivity contribution in [2.75, 3.05) is 0 Å². The van der Waals surface area contributed by atoms with Crippen LogP contribution in [0.3, 0.4) is 0 Å². The second-order valence-electron chi connectivity index (χ2n) is 2.58. The second kappa shape index (κ2) is 4.51. The molecular weight excluding hydrogens is 214 g/mol. The van der Waals surface area contributed by atoms with Gasteiger partial charge in [0, 0.05) is 4.91 Å². The zero-order valence-electron chi connectivity index (χ0n) is 7.61. The highest BCUT2D eigenvalue weighted by atomic mass is 32.2. The van der Waals surface area contributed by atoms with E-state index in [9.17, 15) is 8.42 Å². The quantitative estimate of drug-likeness (QED) is 0.337. The predicted molar refractivity (Wildman–Crippen MR) is 55.4 cm³/mol. The van der Waals surface area contributed by atoms with Crippen LogP contribution in [0.15, 0.2) is 40.3 Å². The van der Waals surface area contributed by atoms with Gasteiger partial charge in [0.25, 0.3) is 0 Å². The first-order valence-electron chi connectivity index (χ1n) is 3.92. The van der Waals surface area contributed by atoms with Crippen LogP contribution in [0.4, 0.5) is 0 Å². The average molecular weight is 221 g/mol. The molecule has 0 heterocycles. The van der Waals surface area contributed by atoms with Crippen LogP contribution in [0.2, 0.25) is 0 Å². The van der Waals surface area contributed by atoms with E-state index in [-0.39, 0.29) is 4.90 Å². The van der Waals surface area contributed by atoms with Crippen LogP contribution >= 0.6 is 0 Å². The Morgan fingerprint density at radius 2 is 2.00 bits per heavy atom. The predicted octanol–water partition coefficient (Wildman–Crippen LogP) is 1.73. The summed E-state index contributed by atoms with van der Waals surface area (Å²) < 4.78 is 23.5. The fourth-order valence-corrected chi connectivity index (χ4v) is 2.11. The van der Waals surface area contributed by atoms with E-state index in [0.29, 0.717) is 0 Å². The van der Waals surface area contributed by atoms with Crippen LogP contribution in [0, 0.1) is 12.3 Å². The van der Waals surface area contributed by atoms with Crippen molar-refractivity contribution in [1.29, 1.82) is 0 Å². The molecule has 6 heteroatoms. The molecule has 1 aromatic rings. The molecule has 1 unspecified atom stereocenters. The van der Waals surface area contributed by atoms with Crippen LogP contribution in [-0.2, 0) is 9.84 Å². The smallest absolute Gasteiger partial charge is 0.204 e. The molecule has 0 bridgehead atoms. The minimum Gasteiger partial charge on any atom is -0.222 e. The van der Waals surface area contributed by atoms with Crippen LogP contribution < -0.4 is 0 Å². The first kappa shape index (κ1) is 11.1. The van der Waals surface area contributed by atoms with E-state index < -0.39 is 15.2 Å². The van der Waals surface area contributed by atoms with Crippen LogP contribution in [0.25, 0.3) is 10.4 Å². The molecule has 0 fully saturated rings. The number of hydrogen-bond acceptors (Lipinski definition) is 3. The van der Waals surface area contributed by atoms with Crippen molar-refractivity contribution in [3.8, 4) is 12.3 Å². The summed E-state index contributed by atoms with van der Waals surface area (Å²) >= 11 is 0. The van der Waals surface area contributed by atoms with Crippen LogP contribution in [-0.4, -0.2) is 13.8 Å². The zero-order valence-corrected chi connectivity index (χ0v) is 8.42. The summed E-state index contributed by atoms with van der Waals surface area (Å²) in [6.45, 7) is 0. The Balaban J connectivity index is 3.26. The van der Waals surface area contributed by atoms with Crippen molar-refractivity contribution in [3.05, 3.63) is 40.8 Å². The number of nitrogens with zero attached hydrogens (tertiary/aromatic N) is 3. The molecule has 0 saturated carbocycles. The fraction of sp³-hybridized carbons (Fsp3) is 0.111. The van der Waals surface area contributed by atoms with E-state index in [2.05, 4.69) is 10.0 Å². The minimum absolute atomic E-state index is 0.0420. The summed E-state index contributed by atoms with van der Waals surface area (Å²) in [7, 11) is -3.77. The Labute approximate surface area is 87.3 Å². The Morgan fingerprint density at radius 3 is 2.47 bits per heavy atom. The second-order valence-corrected chi connectivity index (χ2v) is 4.59. The molecule has 0 spiro atoms. The van der Waals surface area contributed by atoms with Gasteiger partial charge in [0.15, 0.2) is 9.84 Å². The van der Waals surface area contributed by atoms with Crippen molar-refractivity contribution < 1.29 is 8.42 Å². The largest absolute Gasteiger partial charge is 0.222 e. The molecule has 0 radical (unpaired) electrons. The lowest BCUT2D eigenvalue weighted by Gasteiger charge is -2.05. The van der Waals surface area contributed by atoms with Crippen molar-refractivity contribution in [3.63, 3.8) is 0 Å². The molecule has 0 saturated heterocycles. The molecule has 76 valence electrons. The van der Waals surface area contributed by atoms with Crippen molar-refractivity contribution in [1.82, 2.24) is 0 Å². The van der Waals surface area contributed by atoms with E-state index in [0.717, 1.165) is 0 Å². The lowest BCUT2D eigenvalue weighted by molar-refractivity contribution is 0.590. The number of hydrogen-bond donors (Lipinski definition) is 0. The molecule has 0 aliphatic rings. The molecule has 0 aliphatic carbocycles. The monoisotopic (exact) mass is 221 g/mol. The number of terminal acetylenes is 1. The maximum atomic E-state index is 11.7. The van der Waals surface area contributed by atoms with E-state index in [4.69, 9.17) is 12.0 Å². The Bertz CT molecular complexity index is 524. The highest BCUT2D eigenvalue weighted by Gasteiger charge is 2.23. The Kier molecular flexibility index (Phi) is 3.34. The number of benzene rings is 1. The SMILES string of the molecule is C#CC(N=[N+]=[N-])S(=O)(=O)c1ccccc1. The standard InChI is InChI=1S/C9H7N3O2S/c1-2-9(11-12-10)15(13,14)8-6-4-3-5-7-8/h1,3-7,9H. The summed E-state index contributed by atoms with van der Waals surface area (Å²) in [5.41, 5.74) is 8.18. The molecule has 1 aromatic carbocycles. The number of azide groups is 1. The Morgan fingerprint density at radius 1 is 1.40 bits per heavy atom. The van der Waals surface area contributed by atoms with Gasteiger partial charge in [-0.25, -0.2) is 8.42 Å². The van der Waals surface area contributed by atoms with Gasteiger partial charge in [0.1, 0.15) is 0 Å². The van der Waals surface area contributed by atoms with Crippen LogP contribution in [0.1, 0.15) is 0 Å². The van der Waals surface area contributed by atoms with E-state index in [1.165, 1.54) is 12.1 Å². The molecule has 0 N–H and O–H groups in total. The lowest BCUT2D eigenvalue weighted by Crippen LogP contribution is -2.16. The van der Waals surface area contributed by atoms with Gasteiger partial charge in [0.05, 0.1) is 4.90 Å². The third-order valence-corrected chi connectivity index (χ3v) is 3.41. The maximum absolute atomic E-state index is 11.7. The van der Waals surface area contributed by atoms with Gasteiger partial charge in [-0.2, -0.15) is 0 Å². The number of sulfone groups is 1. The minimum atomic E-state index is -3.77. The van der Waals surface area contributed by atoms with Gasteiger partial charge in [-0.05, 0) is 17.7 Å². The molecule has 0 amide bonds. The fourth-order valence-electron chi connectivity index (χ4n) is 0.971. The summed E-state index contributed by atoms with van der Waals surface area (Å²) in [5.74, 6) is 1.93. The van der Waals surface area contributed by atoms with Crippen molar-refractivity contribution >= 4 is 9.84 Å². The average Bonchev–Trinajstić information content (AvgIpc) is 2.27. The van der Waals surface area contributed by atoms with Gasteiger partial charge < -0.3 is 0 Å². The van der Waals surface area contributed by atoms with Gasteiger partial charge in [-0.3, -0.25) is 0 Å². The molecule has 0 aromatic heterocycles. The van der Waals surface area contributed by atoms with Gasteiger partial charge in [-0.1, -0.05) is 29.2 Å². The Hall–Kier alpha value is -1.96. The molecule has 5 nitrogen and oxygen atoms in total. The third-order valence-electron chi connectivity index (χ3n) is 1.66. The van der Waals surface area contributed by atoms with Gasteiger partial charge >= 0.3 is 0 Å². The summed E-state index contributed by atoms with van der Waals surface area (Å²) in [6, 6.07) is 7.60. The third kappa shape index (κ3) is 2.29. The normalized spacial score (nSPS) is 12.2. The van der Waals surface area contributed by atoms with Gasteiger partial charge in [0.2, 0.25) is 5.37 Å². The number of rotatable bonds is 3. The molecule has 15 heavy (non-hydrogen) atoms. The van der Waals surface area contributed by atoms with Crippen LogP contribution in [0.5, 0.6) is 0 Å². The van der Waals surface area contributed by atoms with E-state index >= 15 is 0 Å². The molecule has 1 rings (SSSR count). The first-order valence-corrected chi connectivity index (χ1v) is 5.47. The summed E-state index contributed by atoms with van der Waals surface area (Å²) in [5, 5.41) is 1.55. The summed E-state index contributed by atoms with van der Waals surface area (Å²) in [6.07, 6.45) is 4.99. The van der Waals surface area contributed by atoms with E-state index in [1.807, 2.05) is 5.92 Å². The maximum Gasteiger partial charge on any atom is 0.204 e. The zero-order chi connectivity index (χ0) is 11.3. The lowest BCUT2D eigenvalue weighted by atomic mass is 10.4. The van der Waals surface area contributed by atoms with E-state index in [1.54, 1.807) is 18.2 Å². The highest BCUT2D eigenvalue weighted by molar-refractivity contribution is 7.92. The van der Waals surface area contributed by atoms with Gasteiger partial charge in [-0.15, -0.1) is 6.42 Å². The first-order chi connectivity index (χ1) is 7.12. The molecule has 1 atom stereocenters. The molecular formula is C9H7N3O2S. The van der Waals surface area contributed by atoms with Crippen molar-refractivity contribution in [2.24, 2.45) is 5.11 Å². The molecule has 0 aliphatic heterocycles. The highest BCUT2D eigenvalue weighted by Crippen LogP contribution is 2.16. The summed E-state index contributed by atoms with van der Waals surface area (Å²) in [4.78, 5) is 2.44.